The third-order valence-electron chi connectivity index (χ3n) is 1.88. The molecular formula is C11H9ClN2. The van der Waals surface area contributed by atoms with Gasteiger partial charge in [-0.15, -0.1) is 0 Å². The van der Waals surface area contributed by atoms with Gasteiger partial charge in [0.05, 0.1) is 16.4 Å². The van der Waals surface area contributed by atoms with E-state index in [1.54, 1.807) is 6.20 Å². The van der Waals surface area contributed by atoms with Gasteiger partial charge in [-0.05, 0) is 31.2 Å². The van der Waals surface area contributed by atoms with Gasteiger partial charge in [0.2, 0.25) is 0 Å². The molecule has 3 heteroatoms. The Hall–Kier alpha value is -1.41. The lowest BCUT2D eigenvalue weighted by molar-refractivity contribution is 1.18. The van der Waals surface area contributed by atoms with Crippen LogP contribution in [0.2, 0.25) is 5.02 Å². The van der Waals surface area contributed by atoms with Gasteiger partial charge in [-0.3, -0.25) is 9.97 Å². The minimum atomic E-state index is 0.640. The van der Waals surface area contributed by atoms with Crippen LogP contribution in [0.5, 0.6) is 0 Å². The molecule has 14 heavy (non-hydrogen) atoms. The van der Waals surface area contributed by atoms with Crippen molar-refractivity contribution >= 4 is 11.6 Å². The minimum absolute atomic E-state index is 0.640. The quantitative estimate of drug-likeness (QED) is 0.714. The number of halogens is 1. The molecule has 0 spiro atoms. The van der Waals surface area contributed by atoms with Crippen LogP contribution in [0, 0.1) is 6.92 Å². The Morgan fingerprint density at radius 3 is 2.57 bits per heavy atom. The van der Waals surface area contributed by atoms with Crippen molar-refractivity contribution in [2.24, 2.45) is 0 Å². The van der Waals surface area contributed by atoms with Gasteiger partial charge in [0, 0.05) is 11.9 Å². The summed E-state index contributed by atoms with van der Waals surface area (Å²) in [6.45, 7) is 1.96. The number of aromatic nitrogens is 2. The van der Waals surface area contributed by atoms with Crippen molar-refractivity contribution in [2.75, 3.05) is 0 Å². The largest absolute Gasteiger partial charge is 0.253 e. The van der Waals surface area contributed by atoms with Gasteiger partial charge in [-0.1, -0.05) is 17.7 Å². The van der Waals surface area contributed by atoms with E-state index in [1.165, 1.54) is 0 Å². The molecule has 2 nitrogen and oxygen atoms in total. The first-order valence-electron chi connectivity index (χ1n) is 4.31. The van der Waals surface area contributed by atoms with Gasteiger partial charge >= 0.3 is 0 Å². The average Bonchev–Trinajstić information content (AvgIpc) is 2.19. The molecule has 0 atom stereocenters. The van der Waals surface area contributed by atoms with E-state index in [0.717, 1.165) is 17.1 Å². The van der Waals surface area contributed by atoms with Gasteiger partial charge < -0.3 is 0 Å². The van der Waals surface area contributed by atoms with E-state index in [-0.39, 0.29) is 0 Å². The van der Waals surface area contributed by atoms with Crippen molar-refractivity contribution in [1.82, 2.24) is 9.97 Å². The molecule has 2 aromatic rings. The van der Waals surface area contributed by atoms with Crippen LogP contribution in [0.25, 0.3) is 11.4 Å². The zero-order chi connectivity index (χ0) is 9.97. The average molecular weight is 205 g/mol. The van der Waals surface area contributed by atoms with Crippen molar-refractivity contribution < 1.29 is 0 Å². The molecule has 0 aliphatic rings. The summed E-state index contributed by atoms with van der Waals surface area (Å²) in [6.07, 6.45) is 1.63. The fourth-order valence-corrected chi connectivity index (χ4v) is 1.32. The monoisotopic (exact) mass is 204 g/mol. The van der Waals surface area contributed by atoms with Crippen LogP contribution in [0.3, 0.4) is 0 Å². The number of hydrogen-bond donors (Lipinski definition) is 0. The maximum Gasteiger partial charge on any atom is 0.0889 e. The summed E-state index contributed by atoms with van der Waals surface area (Å²) in [5.74, 6) is 0. The molecule has 0 fully saturated rings. The first-order valence-corrected chi connectivity index (χ1v) is 4.69. The first-order chi connectivity index (χ1) is 6.75. The van der Waals surface area contributed by atoms with Crippen molar-refractivity contribution in [2.45, 2.75) is 6.92 Å². The third-order valence-corrected chi connectivity index (χ3v) is 2.10. The molecule has 0 saturated carbocycles. The molecule has 0 N–H and O–H groups in total. The summed E-state index contributed by atoms with van der Waals surface area (Å²) in [5, 5.41) is 0.640. The second-order valence-corrected chi connectivity index (χ2v) is 3.46. The Morgan fingerprint density at radius 1 is 1.07 bits per heavy atom. The predicted molar refractivity (Wildman–Crippen MR) is 57.2 cm³/mol. The molecule has 0 aliphatic heterocycles. The van der Waals surface area contributed by atoms with Gasteiger partial charge in [-0.2, -0.15) is 0 Å². The van der Waals surface area contributed by atoms with Crippen LogP contribution in [-0.4, -0.2) is 9.97 Å². The molecule has 0 bridgehead atoms. The van der Waals surface area contributed by atoms with Gasteiger partial charge in [0.15, 0.2) is 0 Å². The molecular weight excluding hydrogens is 196 g/mol. The predicted octanol–water partition coefficient (Wildman–Crippen LogP) is 3.11. The molecule has 2 rings (SSSR count). The van der Waals surface area contributed by atoms with Crippen LogP contribution < -0.4 is 0 Å². The van der Waals surface area contributed by atoms with Gasteiger partial charge in [0.1, 0.15) is 0 Å². The normalized spacial score (nSPS) is 10.1. The Bertz CT molecular complexity index is 437. The van der Waals surface area contributed by atoms with E-state index in [4.69, 9.17) is 11.6 Å². The smallest absolute Gasteiger partial charge is 0.0889 e. The van der Waals surface area contributed by atoms with Crippen LogP contribution in [-0.2, 0) is 0 Å². The van der Waals surface area contributed by atoms with Crippen LogP contribution in [0.1, 0.15) is 5.69 Å². The lowest BCUT2D eigenvalue weighted by atomic mass is 10.2. The molecule has 0 unspecified atom stereocenters. The van der Waals surface area contributed by atoms with E-state index in [9.17, 15) is 0 Å². The lowest BCUT2D eigenvalue weighted by Crippen LogP contribution is -1.88. The first kappa shape index (κ1) is 9.16. The van der Waals surface area contributed by atoms with Crippen LogP contribution in [0.15, 0.2) is 36.5 Å². The molecule has 0 aromatic carbocycles. The molecule has 0 aliphatic carbocycles. The SMILES string of the molecule is Cc1cccc(-c2ccc(Cl)cn2)n1. The zero-order valence-corrected chi connectivity index (χ0v) is 8.49. The molecule has 2 heterocycles. The summed E-state index contributed by atoms with van der Waals surface area (Å²) >= 11 is 5.75. The highest BCUT2D eigenvalue weighted by atomic mass is 35.5. The second-order valence-electron chi connectivity index (χ2n) is 3.03. The highest BCUT2D eigenvalue weighted by Gasteiger charge is 1.99. The Morgan fingerprint density at radius 2 is 1.93 bits per heavy atom. The van der Waals surface area contributed by atoms with Crippen molar-refractivity contribution in [3.05, 3.63) is 47.2 Å². The van der Waals surface area contributed by atoms with E-state index < -0.39 is 0 Å². The summed E-state index contributed by atoms with van der Waals surface area (Å²) in [4.78, 5) is 8.56. The maximum atomic E-state index is 5.75. The lowest BCUT2D eigenvalue weighted by Gasteiger charge is -2.00. The van der Waals surface area contributed by atoms with Gasteiger partial charge in [-0.25, -0.2) is 0 Å². The van der Waals surface area contributed by atoms with E-state index >= 15 is 0 Å². The van der Waals surface area contributed by atoms with Crippen molar-refractivity contribution in [3.63, 3.8) is 0 Å². The maximum absolute atomic E-state index is 5.75. The van der Waals surface area contributed by atoms with E-state index in [0.29, 0.717) is 5.02 Å². The van der Waals surface area contributed by atoms with Crippen molar-refractivity contribution in [1.29, 1.82) is 0 Å². The molecule has 0 saturated heterocycles. The second kappa shape index (κ2) is 3.76. The highest BCUT2D eigenvalue weighted by Crippen LogP contribution is 2.16. The Kier molecular flexibility index (Phi) is 2.46. The molecule has 0 amide bonds. The summed E-state index contributed by atoms with van der Waals surface area (Å²) in [6, 6.07) is 9.54. The Labute approximate surface area is 87.6 Å². The third kappa shape index (κ3) is 1.91. The van der Waals surface area contributed by atoms with Crippen molar-refractivity contribution in [3.8, 4) is 11.4 Å². The summed E-state index contributed by atoms with van der Waals surface area (Å²) < 4.78 is 0. The standard InChI is InChI=1S/C11H9ClN2/c1-8-3-2-4-11(14-8)10-6-5-9(12)7-13-10/h2-7H,1H3. The molecule has 2 aromatic heterocycles. The molecule has 0 radical (unpaired) electrons. The van der Waals surface area contributed by atoms with E-state index in [2.05, 4.69) is 9.97 Å². The van der Waals surface area contributed by atoms with Gasteiger partial charge in [0.25, 0.3) is 0 Å². The number of rotatable bonds is 1. The van der Waals surface area contributed by atoms with Crippen LogP contribution in [0.4, 0.5) is 0 Å². The van der Waals surface area contributed by atoms with Crippen LogP contribution >= 0.6 is 11.6 Å². The summed E-state index contributed by atoms with van der Waals surface area (Å²) in [5.41, 5.74) is 2.71. The Balaban J connectivity index is 2.44. The number of hydrogen-bond acceptors (Lipinski definition) is 2. The topological polar surface area (TPSA) is 25.8 Å². The zero-order valence-electron chi connectivity index (χ0n) is 7.74. The number of pyridine rings is 2. The minimum Gasteiger partial charge on any atom is -0.253 e. The molecule has 70 valence electrons. The summed E-state index contributed by atoms with van der Waals surface area (Å²) in [7, 11) is 0. The number of nitrogens with zero attached hydrogens (tertiary/aromatic N) is 2. The number of aryl methyl sites for hydroxylation is 1. The fraction of sp³-hybridized carbons (Fsp3) is 0.0909. The fourth-order valence-electron chi connectivity index (χ4n) is 1.21. The van der Waals surface area contributed by atoms with E-state index in [1.807, 2.05) is 37.3 Å². The highest BCUT2D eigenvalue weighted by molar-refractivity contribution is 6.30.